The topological polar surface area (TPSA) is 98.8 Å². The van der Waals surface area contributed by atoms with Crippen LogP contribution >= 0.6 is 0 Å². The van der Waals surface area contributed by atoms with Crippen LogP contribution in [0.1, 0.15) is 28.4 Å². The van der Waals surface area contributed by atoms with Crippen LogP contribution in [-0.4, -0.2) is 26.9 Å². The van der Waals surface area contributed by atoms with Gasteiger partial charge in [-0.25, -0.2) is 9.78 Å². The third-order valence-corrected chi connectivity index (χ3v) is 4.12. The van der Waals surface area contributed by atoms with Gasteiger partial charge in [0.25, 0.3) is 5.69 Å². The van der Waals surface area contributed by atoms with Gasteiger partial charge in [0.1, 0.15) is 0 Å². The molecule has 0 unspecified atom stereocenters. The summed E-state index contributed by atoms with van der Waals surface area (Å²) in [6.45, 7) is 5.71. The molecule has 2 heterocycles. The number of aryl methyl sites for hydroxylation is 2. The zero-order valence-electron chi connectivity index (χ0n) is 14.6. The molecule has 0 aliphatic heterocycles. The molecule has 0 saturated carbocycles. The number of carbonyl (C=O) groups excluding carboxylic acids is 1. The highest BCUT2D eigenvalue weighted by Crippen LogP contribution is 2.29. The number of aromatic nitrogens is 2. The maximum Gasteiger partial charge on any atom is 0.339 e. The largest absolute Gasteiger partial charge is 0.462 e. The fourth-order valence-electron chi connectivity index (χ4n) is 2.77. The van der Waals surface area contributed by atoms with Gasteiger partial charge in [0, 0.05) is 36.4 Å². The van der Waals surface area contributed by atoms with E-state index in [1.54, 1.807) is 36.0 Å². The predicted molar refractivity (Wildman–Crippen MR) is 97.0 cm³/mol. The SMILES string of the molecule is CCOC(=O)c1cn2ccnc(Nc3cc([N+](=O)[O-])ccc3C)c2c1C. The monoisotopic (exact) mass is 354 g/mol. The number of nitro benzene ring substituents is 1. The summed E-state index contributed by atoms with van der Waals surface area (Å²) in [6, 6.07) is 4.59. The molecule has 0 atom stereocenters. The zero-order chi connectivity index (χ0) is 18.8. The van der Waals surface area contributed by atoms with Gasteiger partial charge in [0.2, 0.25) is 0 Å². The lowest BCUT2D eigenvalue weighted by Gasteiger charge is -2.11. The first kappa shape index (κ1) is 17.4. The fourth-order valence-corrected chi connectivity index (χ4v) is 2.77. The molecule has 0 fully saturated rings. The van der Waals surface area contributed by atoms with Crippen molar-refractivity contribution in [2.24, 2.45) is 0 Å². The van der Waals surface area contributed by atoms with Crippen LogP contribution in [0.4, 0.5) is 17.2 Å². The number of nitrogens with one attached hydrogen (secondary N) is 1. The highest BCUT2D eigenvalue weighted by atomic mass is 16.6. The molecule has 3 aromatic rings. The number of fused-ring (bicyclic) bond motifs is 1. The smallest absolute Gasteiger partial charge is 0.339 e. The lowest BCUT2D eigenvalue weighted by molar-refractivity contribution is -0.384. The molecular weight excluding hydrogens is 336 g/mol. The molecule has 0 radical (unpaired) electrons. The summed E-state index contributed by atoms with van der Waals surface area (Å²) in [5.41, 5.74) is 3.30. The quantitative estimate of drug-likeness (QED) is 0.425. The van der Waals surface area contributed by atoms with E-state index < -0.39 is 10.9 Å². The second-order valence-electron chi connectivity index (χ2n) is 5.80. The van der Waals surface area contributed by atoms with Gasteiger partial charge >= 0.3 is 5.97 Å². The molecule has 8 nitrogen and oxygen atoms in total. The Morgan fingerprint density at radius 1 is 1.38 bits per heavy atom. The molecule has 2 aromatic heterocycles. The molecule has 0 bridgehead atoms. The maximum atomic E-state index is 12.1. The Hall–Kier alpha value is -3.42. The number of hydrogen-bond acceptors (Lipinski definition) is 6. The van der Waals surface area contributed by atoms with Crippen molar-refractivity contribution in [2.45, 2.75) is 20.8 Å². The number of non-ortho nitro benzene ring substituents is 1. The van der Waals surface area contributed by atoms with Crippen molar-refractivity contribution < 1.29 is 14.5 Å². The van der Waals surface area contributed by atoms with Gasteiger partial charge in [-0.15, -0.1) is 0 Å². The molecule has 26 heavy (non-hydrogen) atoms. The third kappa shape index (κ3) is 3.08. The average molecular weight is 354 g/mol. The first-order valence-corrected chi connectivity index (χ1v) is 8.07. The molecule has 134 valence electrons. The van der Waals surface area contributed by atoms with Crippen LogP contribution in [0, 0.1) is 24.0 Å². The maximum absolute atomic E-state index is 12.1. The minimum absolute atomic E-state index is 0.00984. The number of benzene rings is 1. The van der Waals surface area contributed by atoms with Crippen molar-refractivity contribution in [3.05, 3.63) is 63.6 Å². The van der Waals surface area contributed by atoms with Gasteiger partial charge in [-0.3, -0.25) is 10.1 Å². The summed E-state index contributed by atoms with van der Waals surface area (Å²) in [5.74, 6) is 0.107. The first-order chi connectivity index (χ1) is 12.4. The predicted octanol–water partition coefficient (Wildman–Crippen LogP) is 3.78. The average Bonchev–Trinajstić information content (AvgIpc) is 2.95. The van der Waals surface area contributed by atoms with E-state index in [1.807, 2.05) is 13.8 Å². The van der Waals surface area contributed by atoms with Crippen LogP contribution in [0.25, 0.3) is 5.52 Å². The molecule has 1 aromatic carbocycles. The van der Waals surface area contributed by atoms with Crippen molar-refractivity contribution in [3.8, 4) is 0 Å². The lowest BCUT2D eigenvalue weighted by Crippen LogP contribution is -2.04. The molecule has 0 saturated heterocycles. The van der Waals surface area contributed by atoms with Gasteiger partial charge in [-0.05, 0) is 31.9 Å². The number of nitrogens with zero attached hydrogens (tertiary/aromatic N) is 3. The van der Waals surface area contributed by atoms with Crippen molar-refractivity contribution in [2.75, 3.05) is 11.9 Å². The first-order valence-electron chi connectivity index (χ1n) is 8.07. The van der Waals surface area contributed by atoms with E-state index in [9.17, 15) is 14.9 Å². The Morgan fingerprint density at radius 3 is 2.85 bits per heavy atom. The second kappa shape index (κ2) is 6.83. The summed E-state index contributed by atoms with van der Waals surface area (Å²) in [5, 5.41) is 14.2. The van der Waals surface area contributed by atoms with Gasteiger partial charge in [0.15, 0.2) is 5.82 Å². The van der Waals surface area contributed by atoms with Crippen LogP contribution in [-0.2, 0) is 4.74 Å². The Labute approximate surface area is 149 Å². The van der Waals surface area contributed by atoms with Crippen LogP contribution in [0.15, 0.2) is 36.8 Å². The van der Waals surface area contributed by atoms with Gasteiger partial charge in [-0.2, -0.15) is 0 Å². The van der Waals surface area contributed by atoms with E-state index in [-0.39, 0.29) is 5.69 Å². The minimum Gasteiger partial charge on any atom is -0.462 e. The van der Waals surface area contributed by atoms with E-state index in [2.05, 4.69) is 10.3 Å². The van der Waals surface area contributed by atoms with E-state index in [0.717, 1.165) is 11.1 Å². The summed E-state index contributed by atoms with van der Waals surface area (Å²) in [4.78, 5) is 27.1. The Bertz CT molecular complexity index is 1010. The number of ether oxygens (including phenoxy) is 1. The van der Waals surface area contributed by atoms with Gasteiger partial charge in [-0.1, -0.05) is 6.07 Å². The Morgan fingerprint density at radius 2 is 2.15 bits per heavy atom. The highest BCUT2D eigenvalue weighted by Gasteiger charge is 2.18. The molecule has 0 spiro atoms. The molecule has 0 amide bonds. The molecule has 8 heteroatoms. The van der Waals surface area contributed by atoms with E-state index in [4.69, 9.17) is 4.74 Å². The Kier molecular flexibility index (Phi) is 4.57. The van der Waals surface area contributed by atoms with Gasteiger partial charge < -0.3 is 14.5 Å². The summed E-state index contributed by atoms with van der Waals surface area (Å²) in [6.07, 6.45) is 5.02. The fraction of sp³-hybridized carbons (Fsp3) is 0.222. The normalized spacial score (nSPS) is 10.7. The summed E-state index contributed by atoms with van der Waals surface area (Å²) >= 11 is 0. The number of anilines is 2. The van der Waals surface area contributed by atoms with Crippen molar-refractivity contribution in [1.29, 1.82) is 0 Å². The molecule has 1 N–H and O–H groups in total. The van der Waals surface area contributed by atoms with Crippen LogP contribution in [0.2, 0.25) is 0 Å². The van der Waals surface area contributed by atoms with Crippen molar-refractivity contribution >= 4 is 28.7 Å². The van der Waals surface area contributed by atoms with Crippen LogP contribution in [0.5, 0.6) is 0 Å². The number of esters is 1. The zero-order valence-corrected chi connectivity index (χ0v) is 14.6. The lowest BCUT2D eigenvalue weighted by atomic mass is 10.1. The molecule has 3 rings (SSSR count). The van der Waals surface area contributed by atoms with E-state index in [1.165, 1.54) is 12.1 Å². The number of carbonyl (C=O) groups is 1. The highest BCUT2D eigenvalue weighted by molar-refractivity contribution is 5.95. The molecule has 0 aliphatic carbocycles. The standard InChI is InChI=1S/C18H18N4O4/c1-4-26-18(23)14-10-21-8-7-19-17(16(21)12(14)3)20-15-9-13(22(24)25)6-5-11(15)2/h5-10H,4H2,1-3H3,(H,19,20). The number of hydrogen-bond donors (Lipinski definition) is 1. The van der Waals surface area contributed by atoms with Gasteiger partial charge in [0.05, 0.1) is 22.6 Å². The third-order valence-electron chi connectivity index (χ3n) is 4.12. The van der Waals surface area contributed by atoms with E-state index >= 15 is 0 Å². The second-order valence-corrected chi connectivity index (χ2v) is 5.80. The van der Waals surface area contributed by atoms with E-state index in [0.29, 0.717) is 29.2 Å². The van der Waals surface area contributed by atoms with Crippen LogP contribution < -0.4 is 5.32 Å². The summed E-state index contributed by atoms with van der Waals surface area (Å²) < 4.78 is 6.87. The van der Waals surface area contributed by atoms with Crippen molar-refractivity contribution in [3.63, 3.8) is 0 Å². The molecule has 0 aliphatic rings. The minimum atomic E-state index is -0.444. The Balaban J connectivity index is 2.08. The summed E-state index contributed by atoms with van der Waals surface area (Å²) in [7, 11) is 0. The number of nitro groups is 1. The van der Waals surface area contributed by atoms with Crippen LogP contribution in [0.3, 0.4) is 0 Å². The van der Waals surface area contributed by atoms with Crippen molar-refractivity contribution in [1.82, 2.24) is 9.38 Å². The molecular formula is C18H18N4O4. The number of rotatable bonds is 5.